The van der Waals surface area contributed by atoms with E-state index in [-0.39, 0.29) is 42.9 Å². The van der Waals surface area contributed by atoms with Gasteiger partial charge in [0.1, 0.15) is 17.3 Å². The molecular formula is C41H58O9. The van der Waals surface area contributed by atoms with E-state index in [1.807, 2.05) is 6.92 Å². The van der Waals surface area contributed by atoms with Gasteiger partial charge in [-0.1, -0.05) is 6.92 Å². The first kappa shape index (κ1) is 34.6. The lowest BCUT2D eigenvalue weighted by atomic mass is 9.50. The number of hydrogen-bond donors (Lipinski definition) is 0. The average Bonchev–Trinajstić information content (AvgIpc) is 3.44. The van der Waals surface area contributed by atoms with Crippen molar-refractivity contribution in [1.29, 1.82) is 0 Å². The molecule has 0 radical (unpaired) electrons. The molecular weight excluding hydrogens is 636 g/mol. The van der Waals surface area contributed by atoms with Crippen LogP contribution in [0.3, 0.4) is 0 Å². The average molecular weight is 695 g/mol. The van der Waals surface area contributed by atoms with Crippen molar-refractivity contribution in [3.8, 4) is 0 Å². The van der Waals surface area contributed by atoms with E-state index in [0.29, 0.717) is 54.8 Å². The van der Waals surface area contributed by atoms with Crippen LogP contribution >= 0.6 is 0 Å². The summed E-state index contributed by atoms with van der Waals surface area (Å²) in [7, 11) is 0. The van der Waals surface area contributed by atoms with Crippen molar-refractivity contribution < 1.29 is 42.9 Å². The van der Waals surface area contributed by atoms with Crippen molar-refractivity contribution in [3.63, 3.8) is 0 Å². The molecule has 9 heteroatoms. The van der Waals surface area contributed by atoms with Crippen LogP contribution in [-0.2, 0) is 42.9 Å². The predicted octanol–water partition coefficient (Wildman–Crippen LogP) is 7.12. The van der Waals surface area contributed by atoms with E-state index in [4.69, 9.17) is 18.9 Å². The van der Waals surface area contributed by atoms with E-state index in [2.05, 4.69) is 13.8 Å². The molecule has 5 atom stereocenters. The summed E-state index contributed by atoms with van der Waals surface area (Å²) in [5.41, 5.74) is -3.15. The Hall–Kier alpha value is -2.45. The zero-order chi connectivity index (χ0) is 35.4. The van der Waals surface area contributed by atoms with Gasteiger partial charge in [0.15, 0.2) is 0 Å². The van der Waals surface area contributed by atoms with Gasteiger partial charge in [0.05, 0.1) is 22.7 Å². The van der Waals surface area contributed by atoms with E-state index in [0.717, 1.165) is 37.5 Å². The first-order valence-corrected chi connectivity index (χ1v) is 20.0. The van der Waals surface area contributed by atoms with Crippen LogP contribution in [0.4, 0.5) is 0 Å². The first-order chi connectivity index (χ1) is 23.6. The fourth-order valence-corrected chi connectivity index (χ4v) is 13.4. The first-order valence-electron chi connectivity index (χ1n) is 20.0. The van der Waals surface area contributed by atoms with Gasteiger partial charge in [-0.15, -0.1) is 0 Å². The summed E-state index contributed by atoms with van der Waals surface area (Å²) < 4.78 is 23.8. The summed E-state index contributed by atoms with van der Waals surface area (Å²) in [6.07, 6.45) is 13.3. The SMILES string of the molecule is CC1C(=O)OC(=O)C1CC(C)(CC1(C)CC(CCCC(=O)OC2(C)C3CC4CC(C3)CC2C4)OC1=O)C(=O)OC1(C)C2CC3CC(C2)CC1C3. The monoisotopic (exact) mass is 694 g/mol. The molecule has 8 bridgehead atoms. The Morgan fingerprint density at radius 3 is 1.74 bits per heavy atom. The maximum Gasteiger partial charge on any atom is 0.317 e. The van der Waals surface area contributed by atoms with Gasteiger partial charge in [-0.2, -0.15) is 0 Å². The minimum absolute atomic E-state index is 0.0653. The summed E-state index contributed by atoms with van der Waals surface area (Å²) in [4.78, 5) is 66.5. The maximum absolute atomic E-state index is 14.5. The molecule has 0 aromatic rings. The van der Waals surface area contributed by atoms with Gasteiger partial charge in [0.2, 0.25) is 0 Å². The summed E-state index contributed by atoms with van der Waals surface area (Å²) in [6.45, 7) is 9.57. The second kappa shape index (κ2) is 12.0. The van der Waals surface area contributed by atoms with Gasteiger partial charge >= 0.3 is 29.8 Å². The number of rotatable bonds is 11. The second-order valence-corrected chi connectivity index (χ2v) is 19.6. The standard InChI is InChI=1S/C41H58O9/c1-22-32(35(44)48-34(22)43)20-39(3,37(46)50-41(5)29-15-25-10-26(17-29)18-30(41)16-25)21-38(2)19-31(47-36(38)45)7-6-8-33(42)49-40(4)27-11-23-9-24(13-27)14-28(40)12-23/h22-32H,6-21H2,1-5H3. The Morgan fingerprint density at radius 2 is 1.26 bits per heavy atom. The van der Waals surface area contributed by atoms with Crippen LogP contribution in [0.5, 0.6) is 0 Å². The molecule has 10 aliphatic rings. The molecule has 2 aliphatic heterocycles. The van der Waals surface area contributed by atoms with Gasteiger partial charge in [0, 0.05) is 12.8 Å². The highest BCUT2D eigenvalue weighted by molar-refractivity contribution is 5.96. The van der Waals surface area contributed by atoms with Gasteiger partial charge in [0.25, 0.3) is 0 Å². The Kier molecular flexibility index (Phi) is 8.34. The van der Waals surface area contributed by atoms with Crippen LogP contribution in [0, 0.1) is 70.0 Å². The van der Waals surface area contributed by atoms with E-state index < -0.39 is 46.2 Å². The summed E-state index contributed by atoms with van der Waals surface area (Å²) in [5, 5.41) is 0. The minimum atomic E-state index is -1.22. The normalized spacial score (nSPS) is 48.0. The Balaban J connectivity index is 0.922. The summed E-state index contributed by atoms with van der Waals surface area (Å²) >= 11 is 0. The predicted molar refractivity (Wildman–Crippen MR) is 181 cm³/mol. The third kappa shape index (κ3) is 5.74. The van der Waals surface area contributed by atoms with E-state index in [1.165, 1.54) is 38.5 Å². The molecule has 0 spiro atoms. The molecule has 276 valence electrons. The van der Waals surface area contributed by atoms with E-state index >= 15 is 0 Å². The van der Waals surface area contributed by atoms with Crippen LogP contribution in [0.15, 0.2) is 0 Å². The number of cyclic esters (lactones) is 3. The number of hydrogen-bond acceptors (Lipinski definition) is 9. The van der Waals surface area contributed by atoms with Crippen LogP contribution in [0.25, 0.3) is 0 Å². The van der Waals surface area contributed by atoms with Gasteiger partial charge in [-0.25, -0.2) is 0 Å². The highest BCUT2D eigenvalue weighted by Crippen LogP contribution is 2.61. The largest absolute Gasteiger partial charge is 0.462 e. The molecule has 2 saturated heterocycles. The molecule has 0 N–H and O–H groups in total. The Labute approximate surface area is 297 Å². The van der Waals surface area contributed by atoms with Crippen molar-refractivity contribution in [2.45, 2.75) is 155 Å². The molecule has 5 unspecified atom stereocenters. The zero-order valence-electron chi connectivity index (χ0n) is 30.8. The zero-order valence-corrected chi connectivity index (χ0v) is 30.8. The molecule has 10 rings (SSSR count). The number of esters is 5. The topological polar surface area (TPSA) is 122 Å². The van der Waals surface area contributed by atoms with Crippen LogP contribution in [0.2, 0.25) is 0 Å². The van der Waals surface area contributed by atoms with Crippen molar-refractivity contribution in [3.05, 3.63) is 0 Å². The second-order valence-electron chi connectivity index (χ2n) is 19.6. The molecule has 0 aromatic heterocycles. The Morgan fingerprint density at radius 1 is 0.760 bits per heavy atom. The molecule has 2 heterocycles. The lowest BCUT2D eigenvalue weighted by Crippen LogP contribution is -2.59. The maximum atomic E-state index is 14.5. The lowest BCUT2D eigenvalue weighted by molar-refractivity contribution is -0.214. The number of carbonyl (C=O) groups is 5. The quantitative estimate of drug-likeness (QED) is 0.126. The smallest absolute Gasteiger partial charge is 0.317 e. The number of carbonyl (C=O) groups excluding carboxylic acids is 5. The van der Waals surface area contributed by atoms with Crippen molar-refractivity contribution >= 4 is 29.8 Å². The molecule has 8 saturated carbocycles. The number of ether oxygens (including phenoxy) is 4. The van der Waals surface area contributed by atoms with Crippen LogP contribution in [0.1, 0.15) is 137 Å². The van der Waals surface area contributed by atoms with Gasteiger partial charge in [-0.3, -0.25) is 24.0 Å². The fourth-order valence-electron chi connectivity index (χ4n) is 13.4. The Bertz CT molecular complexity index is 1390. The summed E-state index contributed by atoms with van der Waals surface area (Å²) in [6, 6.07) is 0. The molecule has 50 heavy (non-hydrogen) atoms. The van der Waals surface area contributed by atoms with Gasteiger partial charge in [-0.05, 0) is 165 Å². The van der Waals surface area contributed by atoms with Gasteiger partial charge < -0.3 is 18.9 Å². The minimum Gasteiger partial charge on any atom is -0.462 e. The molecule has 0 amide bonds. The molecule has 8 aliphatic carbocycles. The van der Waals surface area contributed by atoms with Crippen molar-refractivity contribution in [2.75, 3.05) is 0 Å². The highest BCUT2D eigenvalue weighted by atomic mass is 16.6. The lowest BCUT2D eigenvalue weighted by Gasteiger charge is -2.59. The molecule has 0 aromatic carbocycles. The third-order valence-corrected chi connectivity index (χ3v) is 15.9. The molecule has 10 fully saturated rings. The van der Waals surface area contributed by atoms with Crippen LogP contribution in [-0.4, -0.2) is 47.2 Å². The summed E-state index contributed by atoms with van der Waals surface area (Å²) in [5.74, 6) is 1.02. The molecule has 9 nitrogen and oxygen atoms in total. The highest BCUT2D eigenvalue weighted by Gasteiger charge is 2.61. The third-order valence-electron chi connectivity index (χ3n) is 15.9. The van der Waals surface area contributed by atoms with E-state index in [1.54, 1.807) is 13.8 Å². The van der Waals surface area contributed by atoms with Crippen LogP contribution < -0.4 is 0 Å². The van der Waals surface area contributed by atoms with Crippen molar-refractivity contribution in [2.24, 2.45) is 70.0 Å². The fraction of sp³-hybridized carbons (Fsp3) is 0.878. The van der Waals surface area contributed by atoms with E-state index in [9.17, 15) is 24.0 Å². The van der Waals surface area contributed by atoms with Crippen molar-refractivity contribution in [1.82, 2.24) is 0 Å².